The van der Waals surface area contributed by atoms with Crippen molar-refractivity contribution in [3.8, 4) is 5.75 Å². The first kappa shape index (κ1) is 18.0. The van der Waals surface area contributed by atoms with Crippen LogP contribution in [0.2, 0.25) is 5.02 Å². The molecular weight excluding hydrogens is 376 g/mol. The number of nitrogens with zero attached hydrogens (tertiary/aromatic N) is 1. The lowest BCUT2D eigenvalue weighted by Gasteiger charge is -2.14. The molecular formula is C18H17ClN2O2S2. The van der Waals surface area contributed by atoms with E-state index in [1.54, 1.807) is 24.5 Å². The number of carbonyl (C=O) groups is 1. The van der Waals surface area contributed by atoms with Gasteiger partial charge in [0.25, 0.3) is 0 Å². The van der Waals surface area contributed by atoms with E-state index in [9.17, 15) is 4.79 Å². The van der Waals surface area contributed by atoms with Crippen LogP contribution < -0.4 is 10.1 Å². The van der Waals surface area contributed by atoms with E-state index in [1.165, 1.54) is 11.8 Å². The van der Waals surface area contributed by atoms with Crippen molar-refractivity contribution in [2.24, 2.45) is 0 Å². The summed E-state index contributed by atoms with van der Waals surface area (Å²) < 4.78 is 7.30. The highest BCUT2D eigenvalue weighted by molar-refractivity contribution is 8.02. The Morgan fingerprint density at radius 1 is 1.36 bits per heavy atom. The van der Waals surface area contributed by atoms with Gasteiger partial charge < -0.3 is 10.1 Å². The molecule has 7 heteroatoms. The minimum atomic E-state index is -0.291. The van der Waals surface area contributed by atoms with Crippen molar-refractivity contribution >= 4 is 56.5 Å². The number of halogens is 1. The van der Waals surface area contributed by atoms with Crippen LogP contribution in [0.5, 0.6) is 5.75 Å². The predicted octanol–water partition coefficient (Wildman–Crippen LogP) is 5.39. The van der Waals surface area contributed by atoms with E-state index < -0.39 is 0 Å². The van der Waals surface area contributed by atoms with Crippen LogP contribution in [0, 0.1) is 6.92 Å². The number of carbonyl (C=O) groups excluding carboxylic acids is 1. The highest BCUT2D eigenvalue weighted by Gasteiger charge is 2.19. The molecule has 1 N–H and O–H groups in total. The summed E-state index contributed by atoms with van der Waals surface area (Å²) in [6.45, 7) is 3.75. The molecule has 0 fully saturated rings. The van der Waals surface area contributed by atoms with Crippen LogP contribution in [-0.4, -0.2) is 23.3 Å². The molecule has 0 bridgehead atoms. The number of amides is 1. The van der Waals surface area contributed by atoms with Gasteiger partial charge in [-0.1, -0.05) is 35.5 Å². The Labute approximate surface area is 159 Å². The summed E-state index contributed by atoms with van der Waals surface area (Å²) in [4.78, 5) is 17.1. The Bertz CT molecular complexity index is 894. The number of benzene rings is 2. The largest absolute Gasteiger partial charge is 0.495 e. The first-order valence-corrected chi connectivity index (χ1v) is 9.72. The quantitative estimate of drug-likeness (QED) is 0.592. The highest BCUT2D eigenvalue weighted by atomic mass is 35.5. The molecule has 0 radical (unpaired) electrons. The lowest BCUT2D eigenvalue weighted by molar-refractivity contribution is -0.115. The third-order valence-corrected chi connectivity index (χ3v) is 6.30. The van der Waals surface area contributed by atoms with Crippen molar-refractivity contribution in [1.29, 1.82) is 0 Å². The van der Waals surface area contributed by atoms with Gasteiger partial charge in [0.05, 0.1) is 28.3 Å². The van der Waals surface area contributed by atoms with Crippen molar-refractivity contribution in [3.63, 3.8) is 0 Å². The molecule has 1 amide bonds. The van der Waals surface area contributed by atoms with Crippen LogP contribution >= 0.6 is 34.7 Å². The van der Waals surface area contributed by atoms with Gasteiger partial charge in [0.15, 0.2) is 4.34 Å². The van der Waals surface area contributed by atoms with Crippen molar-refractivity contribution in [3.05, 3.63) is 47.0 Å². The van der Waals surface area contributed by atoms with Crippen LogP contribution in [-0.2, 0) is 4.79 Å². The van der Waals surface area contributed by atoms with Crippen LogP contribution in [0.3, 0.4) is 0 Å². The van der Waals surface area contributed by atoms with Gasteiger partial charge in [0, 0.05) is 11.1 Å². The Hall–Kier alpha value is -1.76. The summed E-state index contributed by atoms with van der Waals surface area (Å²) in [6.07, 6.45) is 0. The number of aryl methyl sites for hydroxylation is 1. The smallest absolute Gasteiger partial charge is 0.237 e. The van der Waals surface area contributed by atoms with E-state index in [-0.39, 0.29) is 11.2 Å². The number of aromatic nitrogens is 1. The van der Waals surface area contributed by atoms with E-state index in [1.807, 2.05) is 44.2 Å². The first-order chi connectivity index (χ1) is 12.0. The molecule has 0 saturated carbocycles. The SMILES string of the molecule is COc1cc(Cl)c(C)cc1NC(=O)C(C)Sc1nc2ccccc2s1. The van der Waals surface area contributed by atoms with Gasteiger partial charge in [-0.3, -0.25) is 4.79 Å². The normalized spacial score (nSPS) is 12.2. The summed E-state index contributed by atoms with van der Waals surface area (Å²) in [7, 11) is 1.55. The number of fused-ring (bicyclic) bond motifs is 1. The maximum Gasteiger partial charge on any atom is 0.237 e. The van der Waals surface area contributed by atoms with E-state index in [2.05, 4.69) is 10.3 Å². The fourth-order valence-corrected chi connectivity index (χ4v) is 4.64. The lowest BCUT2D eigenvalue weighted by Crippen LogP contribution is -2.22. The molecule has 1 aromatic heterocycles. The van der Waals surface area contributed by atoms with Crippen LogP contribution in [0.1, 0.15) is 12.5 Å². The molecule has 1 heterocycles. The predicted molar refractivity (Wildman–Crippen MR) is 106 cm³/mol. The second-order valence-electron chi connectivity index (χ2n) is 5.50. The Kier molecular flexibility index (Phi) is 5.51. The van der Waals surface area contributed by atoms with E-state index in [0.29, 0.717) is 16.5 Å². The molecule has 4 nitrogen and oxygen atoms in total. The number of methoxy groups -OCH3 is 1. The Morgan fingerprint density at radius 2 is 2.12 bits per heavy atom. The Balaban J connectivity index is 1.73. The number of nitrogens with one attached hydrogen (secondary N) is 1. The summed E-state index contributed by atoms with van der Waals surface area (Å²) in [6, 6.07) is 11.5. The Morgan fingerprint density at radius 3 is 2.84 bits per heavy atom. The summed E-state index contributed by atoms with van der Waals surface area (Å²) >= 11 is 9.14. The first-order valence-electron chi connectivity index (χ1n) is 7.65. The fraction of sp³-hybridized carbons (Fsp3) is 0.222. The van der Waals surface area contributed by atoms with E-state index >= 15 is 0 Å². The average molecular weight is 393 g/mol. The number of hydrogen-bond donors (Lipinski definition) is 1. The highest BCUT2D eigenvalue weighted by Crippen LogP contribution is 2.34. The third-order valence-electron chi connectivity index (χ3n) is 3.66. The summed E-state index contributed by atoms with van der Waals surface area (Å²) in [5.74, 6) is 0.436. The zero-order valence-electron chi connectivity index (χ0n) is 14.0. The average Bonchev–Trinajstić information content (AvgIpc) is 3.00. The minimum absolute atomic E-state index is 0.107. The fourth-order valence-electron chi connectivity index (χ4n) is 2.27. The topological polar surface area (TPSA) is 51.2 Å². The molecule has 0 saturated heterocycles. The second-order valence-corrected chi connectivity index (χ2v) is 8.52. The minimum Gasteiger partial charge on any atom is -0.495 e. The van der Waals surface area contributed by atoms with Gasteiger partial charge >= 0.3 is 0 Å². The lowest BCUT2D eigenvalue weighted by atomic mass is 10.2. The molecule has 0 spiro atoms. The summed E-state index contributed by atoms with van der Waals surface area (Å²) in [5, 5.41) is 3.23. The van der Waals surface area contributed by atoms with Crippen molar-refractivity contribution in [1.82, 2.24) is 4.98 Å². The van der Waals surface area contributed by atoms with Gasteiger partial charge in [-0.25, -0.2) is 4.98 Å². The number of thioether (sulfide) groups is 1. The molecule has 2 aromatic carbocycles. The number of para-hydroxylation sites is 1. The molecule has 1 atom stereocenters. The molecule has 1 unspecified atom stereocenters. The second kappa shape index (κ2) is 7.64. The molecule has 3 aromatic rings. The van der Waals surface area contributed by atoms with Crippen molar-refractivity contribution in [2.45, 2.75) is 23.4 Å². The van der Waals surface area contributed by atoms with E-state index in [4.69, 9.17) is 16.3 Å². The van der Waals surface area contributed by atoms with E-state index in [0.717, 1.165) is 20.1 Å². The number of anilines is 1. The third kappa shape index (κ3) is 4.08. The van der Waals surface area contributed by atoms with Crippen molar-refractivity contribution < 1.29 is 9.53 Å². The maximum absolute atomic E-state index is 12.6. The molecule has 130 valence electrons. The van der Waals surface area contributed by atoms with Crippen LogP contribution in [0.25, 0.3) is 10.2 Å². The van der Waals surface area contributed by atoms with Crippen molar-refractivity contribution in [2.75, 3.05) is 12.4 Å². The number of hydrogen-bond acceptors (Lipinski definition) is 5. The molecule has 0 aliphatic rings. The van der Waals surface area contributed by atoms with Gasteiger partial charge in [0.2, 0.25) is 5.91 Å². The molecule has 0 aliphatic carbocycles. The molecule has 25 heavy (non-hydrogen) atoms. The van der Waals surface area contributed by atoms with Gasteiger partial charge in [-0.05, 0) is 37.6 Å². The maximum atomic E-state index is 12.6. The van der Waals surface area contributed by atoms with Gasteiger partial charge in [-0.2, -0.15) is 0 Å². The number of rotatable bonds is 5. The van der Waals surface area contributed by atoms with Gasteiger partial charge in [0.1, 0.15) is 5.75 Å². The zero-order chi connectivity index (χ0) is 18.0. The zero-order valence-corrected chi connectivity index (χ0v) is 16.4. The summed E-state index contributed by atoms with van der Waals surface area (Å²) in [5.41, 5.74) is 2.45. The number of thiazole rings is 1. The molecule has 3 rings (SSSR count). The number of ether oxygens (including phenoxy) is 1. The van der Waals surface area contributed by atoms with Crippen LogP contribution in [0.4, 0.5) is 5.69 Å². The standard InChI is InChI=1S/C18H17ClN2O2S2/c1-10-8-14(15(23-3)9-12(10)19)20-17(22)11(2)24-18-21-13-6-4-5-7-16(13)25-18/h4-9,11H,1-3H3,(H,20,22). The van der Waals surface area contributed by atoms with Crippen LogP contribution in [0.15, 0.2) is 40.7 Å². The van der Waals surface area contributed by atoms with Gasteiger partial charge in [-0.15, -0.1) is 11.3 Å². The monoisotopic (exact) mass is 392 g/mol. The molecule has 0 aliphatic heterocycles.